The van der Waals surface area contributed by atoms with E-state index < -0.39 is 0 Å². The molecule has 2 aliphatic rings. The summed E-state index contributed by atoms with van der Waals surface area (Å²) in [5.41, 5.74) is 8.77. The van der Waals surface area contributed by atoms with Gasteiger partial charge in [0.25, 0.3) is 0 Å². The van der Waals surface area contributed by atoms with Crippen molar-refractivity contribution in [3.63, 3.8) is 0 Å². The van der Waals surface area contributed by atoms with E-state index in [0.717, 1.165) is 33.6 Å². The minimum absolute atomic E-state index is 0.561. The second-order valence-corrected chi connectivity index (χ2v) is 5.14. The molecule has 92 valence electrons. The number of fused-ring (bicyclic) bond motifs is 1. The summed E-state index contributed by atoms with van der Waals surface area (Å²) in [5, 5.41) is 16.5. The molecule has 0 bridgehead atoms. The van der Waals surface area contributed by atoms with Gasteiger partial charge in [-0.1, -0.05) is 24.3 Å². The van der Waals surface area contributed by atoms with Gasteiger partial charge in [0.15, 0.2) is 0 Å². The fraction of sp³-hybridized carbons (Fsp3) is 0.250. The van der Waals surface area contributed by atoms with Gasteiger partial charge in [0, 0.05) is 12.1 Å². The number of thioether (sulfide) groups is 1. The van der Waals surface area contributed by atoms with Gasteiger partial charge in [-0.15, -0.1) is 5.10 Å². The summed E-state index contributed by atoms with van der Waals surface area (Å²) in [6, 6.07) is 8.14. The predicted octanol–water partition coefficient (Wildman–Crippen LogP) is 1.60. The summed E-state index contributed by atoms with van der Waals surface area (Å²) >= 11 is 1.55. The molecule has 5 nitrogen and oxygen atoms in total. The number of amidine groups is 1. The average molecular weight is 259 g/mol. The third-order valence-electron chi connectivity index (χ3n) is 2.74. The smallest absolute Gasteiger partial charge is 0.212 e. The van der Waals surface area contributed by atoms with Crippen LogP contribution in [0.5, 0.6) is 0 Å². The summed E-state index contributed by atoms with van der Waals surface area (Å²) in [6.45, 7) is 3.23. The van der Waals surface area contributed by atoms with Crippen LogP contribution in [0.25, 0.3) is 0 Å². The van der Waals surface area contributed by atoms with Gasteiger partial charge in [-0.2, -0.15) is 10.2 Å². The first kappa shape index (κ1) is 11.4. The molecule has 6 heteroatoms. The lowest BCUT2D eigenvalue weighted by Crippen LogP contribution is -2.27. The Bertz CT molecular complexity index is 558. The van der Waals surface area contributed by atoms with E-state index in [1.54, 1.807) is 11.8 Å². The maximum absolute atomic E-state index is 5.59. The Morgan fingerprint density at radius 2 is 2.06 bits per heavy atom. The normalized spacial score (nSPS) is 18.1. The van der Waals surface area contributed by atoms with Gasteiger partial charge >= 0.3 is 0 Å². The van der Waals surface area contributed by atoms with E-state index in [-0.39, 0.29) is 0 Å². The van der Waals surface area contributed by atoms with Gasteiger partial charge < -0.3 is 5.73 Å². The minimum atomic E-state index is 0.561. The van der Waals surface area contributed by atoms with Crippen molar-refractivity contribution < 1.29 is 0 Å². The number of hydrazone groups is 1. The van der Waals surface area contributed by atoms with Crippen LogP contribution >= 0.6 is 11.8 Å². The second-order valence-electron chi connectivity index (χ2n) is 4.18. The minimum Gasteiger partial charge on any atom is -0.326 e. The van der Waals surface area contributed by atoms with Gasteiger partial charge in [-0.25, -0.2) is 5.01 Å². The first-order valence-electron chi connectivity index (χ1n) is 5.71. The van der Waals surface area contributed by atoms with Crippen molar-refractivity contribution in [2.24, 2.45) is 21.0 Å². The van der Waals surface area contributed by atoms with Gasteiger partial charge in [0.05, 0.1) is 12.3 Å². The Kier molecular flexibility index (Phi) is 2.89. The summed E-state index contributed by atoms with van der Waals surface area (Å²) < 4.78 is 0. The van der Waals surface area contributed by atoms with E-state index in [4.69, 9.17) is 5.73 Å². The Hall–Kier alpha value is -1.66. The first-order chi connectivity index (χ1) is 8.76. The highest BCUT2D eigenvalue weighted by molar-refractivity contribution is 8.27. The van der Waals surface area contributed by atoms with Crippen molar-refractivity contribution in [2.75, 3.05) is 6.54 Å². The third kappa shape index (κ3) is 2.04. The lowest BCUT2D eigenvalue weighted by molar-refractivity contribution is 0.514. The monoisotopic (exact) mass is 259 g/mol. The standard InChI is InChI=1S/C12H13N5S/c1-8-7-17-12(15-14-8)18-11(16-17)10-4-2-9(6-13)3-5-10/h2-5H,6-7,13H2,1H3. The zero-order valence-corrected chi connectivity index (χ0v) is 10.8. The molecule has 2 N–H and O–H groups in total. The average Bonchev–Trinajstić information content (AvgIpc) is 2.81. The molecule has 0 spiro atoms. The third-order valence-corrected chi connectivity index (χ3v) is 3.73. The maximum atomic E-state index is 5.59. The van der Waals surface area contributed by atoms with Gasteiger partial charge in [-0.3, -0.25) is 0 Å². The number of hydrogen-bond acceptors (Lipinski definition) is 6. The quantitative estimate of drug-likeness (QED) is 0.877. The molecule has 0 amide bonds. The highest BCUT2D eigenvalue weighted by atomic mass is 32.2. The molecule has 18 heavy (non-hydrogen) atoms. The predicted molar refractivity (Wildman–Crippen MR) is 75.7 cm³/mol. The van der Waals surface area contributed by atoms with Gasteiger partial charge in [0.2, 0.25) is 5.17 Å². The van der Waals surface area contributed by atoms with Crippen molar-refractivity contribution >= 4 is 27.7 Å². The maximum Gasteiger partial charge on any atom is 0.212 e. The highest BCUT2D eigenvalue weighted by Crippen LogP contribution is 2.27. The molecule has 2 heterocycles. The molecule has 3 rings (SSSR count). The van der Waals surface area contributed by atoms with Crippen LogP contribution in [0.4, 0.5) is 0 Å². The molecule has 0 radical (unpaired) electrons. The molecular formula is C12H13N5S. The first-order valence-corrected chi connectivity index (χ1v) is 6.52. The molecule has 0 fully saturated rings. The van der Waals surface area contributed by atoms with Crippen LogP contribution in [0.2, 0.25) is 0 Å². The molecule has 0 aromatic heterocycles. The van der Waals surface area contributed by atoms with E-state index in [9.17, 15) is 0 Å². The molecule has 1 aromatic rings. The van der Waals surface area contributed by atoms with E-state index in [2.05, 4.69) is 15.3 Å². The number of nitrogens with zero attached hydrogens (tertiary/aromatic N) is 4. The van der Waals surface area contributed by atoms with Gasteiger partial charge in [-0.05, 0) is 24.2 Å². The van der Waals surface area contributed by atoms with E-state index in [1.807, 2.05) is 36.2 Å². The SMILES string of the molecule is CC1=NN=C2SC(c3ccc(CN)cc3)=NN2C1. The van der Waals surface area contributed by atoms with Crippen LogP contribution in [0, 0.1) is 0 Å². The Morgan fingerprint density at radius 1 is 1.28 bits per heavy atom. The van der Waals surface area contributed by atoms with Crippen molar-refractivity contribution in [3.05, 3.63) is 35.4 Å². The van der Waals surface area contributed by atoms with E-state index in [1.165, 1.54) is 0 Å². The number of benzene rings is 1. The largest absolute Gasteiger partial charge is 0.326 e. The fourth-order valence-electron chi connectivity index (χ4n) is 1.76. The summed E-state index contributed by atoms with van der Waals surface area (Å²) in [6.07, 6.45) is 0. The van der Waals surface area contributed by atoms with E-state index >= 15 is 0 Å². The Labute approximate surface area is 109 Å². The van der Waals surface area contributed by atoms with Crippen LogP contribution < -0.4 is 5.73 Å². The zero-order chi connectivity index (χ0) is 12.5. The molecule has 0 saturated carbocycles. The van der Waals surface area contributed by atoms with Crippen LogP contribution in [0.3, 0.4) is 0 Å². The summed E-state index contributed by atoms with van der Waals surface area (Å²) in [5.74, 6) is 0. The zero-order valence-electron chi connectivity index (χ0n) is 10.00. The molecular weight excluding hydrogens is 246 g/mol. The number of hydrogen-bond donors (Lipinski definition) is 1. The Balaban J connectivity index is 1.85. The highest BCUT2D eigenvalue weighted by Gasteiger charge is 2.26. The Morgan fingerprint density at radius 3 is 2.78 bits per heavy atom. The molecule has 0 atom stereocenters. The number of nitrogens with two attached hydrogens (primary N) is 1. The summed E-state index contributed by atoms with van der Waals surface area (Å²) in [7, 11) is 0. The van der Waals surface area contributed by atoms with Crippen LogP contribution in [0.15, 0.2) is 39.6 Å². The molecule has 0 aliphatic carbocycles. The van der Waals surface area contributed by atoms with Crippen LogP contribution in [-0.4, -0.2) is 27.5 Å². The molecule has 0 saturated heterocycles. The molecule has 1 aromatic carbocycles. The van der Waals surface area contributed by atoms with Crippen molar-refractivity contribution in [3.8, 4) is 0 Å². The van der Waals surface area contributed by atoms with Crippen molar-refractivity contribution in [2.45, 2.75) is 13.5 Å². The van der Waals surface area contributed by atoms with E-state index in [0.29, 0.717) is 6.54 Å². The molecule has 2 aliphatic heterocycles. The lowest BCUT2D eigenvalue weighted by atomic mass is 10.1. The van der Waals surface area contributed by atoms with Crippen molar-refractivity contribution in [1.29, 1.82) is 0 Å². The topological polar surface area (TPSA) is 66.3 Å². The van der Waals surface area contributed by atoms with Crippen LogP contribution in [-0.2, 0) is 6.54 Å². The van der Waals surface area contributed by atoms with Crippen molar-refractivity contribution in [1.82, 2.24) is 5.01 Å². The second kappa shape index (κ2) is 4.55. The number of rotatable bonds is 2. The molecule has 0 unspecified atom stereocenters. The lowest BCUT2D eigenvalue weighted by Gasteiger charge is -2.15. The van der Waals surface area contributed by atoms with Gasteiger partial charge in [0.1, 0.15) is 5.04 Å². The fourth-order valence-corrected chi connectivity index (χ4v) is 2.62. The summed E-state index contributed by atoms with van der Waals surface area (Å²) in [4.78, 5) is 0. The van der Waals surface area contributed by atoms with Crippen LogP contribution in [0.1, 0.15) is 18.1 Å².